The number of anilines is 1. The third-order valence-corrected chi connectivity index (χ3v) is 4.78. The van der Waals surface area contributed by atoms with E-state index in [1.807, 2.05) is 26.0 Å². The zero-order valence-corrected chi connectivity index (χ0v) is 17.4. The molecule has 3 rings (SSSR count). The Hall–Kier alpha value is -3.02. The van der Waals surface area contributed by atoms with E-state index in [0.717, 1.165) is 18.7 Å². The monoisotopic (exact) mass is 395 g/mol. The zero-order valence-electron chi connectivity index (χ0n) is 17.4. The predicted molar refractivity (Wildman–Crippen MR) is 116 cm³/mol. The molecule has 2 aromatic rings. The van der Waals surface area contributed by atoms with Gasteiger partial charge in [-0.05, 0) is 69.0 Å². The van der Waals surface area contributed by atoms with Crippen LogP contribution in [0.15, 0.2) is 47.6 Å². The maximum Gasteiger partial charge on any atom is 0.271 e. The molecule has 0 aliphatic carbocycles. The Morgan fingerprint density at radius 3 is 2.45 bits per heavy atom. The fourth-order valence-corrected chi connectivity index (χ4v) is 3.31. The molecule has 0 unspecified atom stereocenters. The summed E-state index contributed by atoms with van der Waals surface area (Å²) in [4.78, 5) is 14.8. The van der Waals surface area contributed by atoms with Gasteiger partial charge in [-0.2, -0.15) is 5.10 Å². The molecule has 1 fully saturated rings. The lowest BCUT2D eigenvalue weighted by atomic mass is 10.1. The van der Waals surface area contributed by atoms with Crippen molar-refractivity contribution < 1.29 is 14.3 Å². The van der Waals surface area contributed by atoms with Gasteiger partial charge < -0.3 is 14.4 Å². The first-order valence-corrected chi connectivity index (χ1v) is 10.1. The van der Waals surface area contributed by atoms with Crippen LogP contribution in [0.4, 0.5) is 5.69 Å². The average Bonchev–Trinajstić information content (AvgIpc) is 2.74. The third kappa shape index (κ3) is 5.73. The molecule has 6 heteroatoms. The number of piperidine rings is 1. The van der Waals surface area contributed by atoms with Crippen molar-refractivity contribution in [1.29, 1.82) is 0 Å². The normalized spacial score (nSPS) is 14.3. The molecule has 29 heavy (non-hydrogen) atoms. The predicted octanol–water partition coefficient (Wildman–Crippen LogP) is 4.24. The van der Waals surface area contributed by atoms with Crippen molar-refractivity contribution in [2.75, 3.05) is 25.1 Å². The first kappa shape index (κ1) is 20.7. The molecule has 0 spiro atoms. The number of nitrogens with one attached hydrogen (secondary N) is 1. The maximum atomic E-state index is 12.4. The Kier molecular flexibility index (Phi) is 7.11. The summed E-state index contributed by atoms with van der Waals surface area (Å²) in [5, 5.41) is 4.08. The summed E-state index contributed by atoms with van der Waals surface area (Å²) >= 11 is 0. The molecular formula is C23H29N3O3. The van der Waals surface area contributed by atoms with E-state index < -0.39 is 0 Å². The molecule has 1 saturated heterocycles. The summed E-state index contributed by atoms with van der Waals surface area (Å²) in [5.41, 5.74) is 5.19. The molecule has 0 atom stereocenters. The summed E-state index contributed by atoms with van der Waals surface area (Å²) in [6.07, 6.45) is 5.50. The van der Waals surface area contributed by atoms with Crippen LogP contribution in [0.1, 0.15) is 49.0 Å². The van der Waals surface area contributed by atoms with E-state index in [0.29, 0.717) is 17.1 Å². The molecule has 0 bridgehead atoms. The minimum atomic E-state index is -0.305. The van der Waals surface area contributed by atoms with E-state index in [9.17, 15) is 4.79 Å². The van der Waals surface area contributed by atoms with Crippen LogP contribution in [0.5, 0.6) is 11.5 Å². The quantitative estimate of drug-likeness (QED) is 0.563. The lowest BCUT2D eigenvalue weighted by molar-refractivity contribution is 0.0954. The first-order chi connectivity index (χ1) is 14.1. The van der Waals surface area contributed by atoms with Gasteiger partial charge in [0.15, 0.2) is 11.5 Å². The van der Waals surface area contributed by atoms with Crippen molar-refractivity contribution in [3.8, 4) is 11.5 Å². The van der Waals surface area contributed by atoms with Crippen LogP contribution in [0.3, 0.4) is 0 Å². The standard InChI is InChI=1S/C23H29N3O3/c1-17(2)29-21-12-9-19(15-22(21)28-3)23(27)25-24-16-18-7-10-20(11-8-18)26-13-5-4-6-14-26/h7-12,15-17H,4-6,13-14H2,1-3H3,(H,25,27)/b24-16-. The van der Waals surface area contributed by atoms with E-state index in [1.165, 1.54) is 24.9 Å². The summed E-state index contributed by atoms with van der Waals surface area (Å²) in [5.74, 6) is 0.820. The highest BCUT2D eigenvalue weighted by atomic mass is 16.5. The summed E-state index contributed by atoms with van der Waals surface area (Å²) < 4.78 is 11.0. The molecule has 6 nitrogen and oxygen atoms in total. The van der Waals surface area contributed by atoms with Gasteiger partial charge in [0, 0.05) is 24.3 Å². The Bertz CT molecular complexity index is 841. The number of benzene rings is 2. The van der Waals surface area contributed by atoms with Crippen LogP contribution < -0.4 is 19.8 Å². The fourth-order valence-electron chi connectivity index (χ4n) is 3.31. The topological polar surface area (TPSA) is 63.2 Å². The number of nitrogens with zero attached hydrogens (tertiary/aromatic N) is 2. The van der Waals surface area contributed by atoms with Crippen LogP contribution >= 0.6 is 0 Å². The van der Waals surface area contributed by atoms with Gasteiger partial charge in [-0.3, -0.25) is 4.79 Å². The Labute approximate surface area is 172 Å². The van der Waals surface area contributed by atoms with Crippen molar-refractivity contribution in [1.82, 2.24) is 5.43 Å². The Balaban J connectivity index is 1.59. The van der Waals surface area contributed by atoms with Gasteiger partial charge in [-0.15, -0.1) is 0 Å². The van der Waals surface area contributed by atoms with Crippen LogP contribution in [0, 0.1) is 0 Å². The molecule has 1 heterocycles. The second-order valence-corrected chi connectivity index (χ2v) is 7.37. The van der Waals surface area contributed by atoms with Crippen molar-refractivity contribution in [3.63, 3.8) is 0 Å². The Morgan fingerprint density at radius 2 is 1.79 bits per heavy atom. The fraction of sp³-hybridized carbons (Fsp3) is 0.391. The van der Waals surface area contributed by atoms with Gasteiger partial charge in [0.1, 0.15) is 0 Å². The number of hydrogen-bond donors (Lipinski definition) is 1. The third-order valence-electron chi connectivity index (χ3n) is 4.78. The van der Waals surface area contributed by atoms with Crippen LogP contribution in [0.2, 0.25) is 0 Å². The molecule has 1 aliphatic rings. The van der Waals surface area contributed by atoms with Gasteiger partial charge in [0.05, 0.1) is 19.4 Å². The van der Waals surface area contributed by atoms with Gasteiger partial charge in [0.2, 0.25) is 0 Å². The van der Waals surface area contributed by atoms with Crippen LogP contribution in [0.25, 0.3) is 0 Å². The number of methoxy groups -OCH3 is 1. The SMILES string of the molecule is COc1cc(C(=O)N/N=C\c2ccc(N3CCCCC3)cc2)ccc1OC(C)C. The van der Waals surface area contributed by atoms with E-state index in [4.69, 9.17) is 9.47 Å². The molecule has 0 radical (unpaired) electrons. The van der Waals surface area contributed by atoms with Crippen LogP contribution in [-0.4, -0.2) is 38.4 Å². The summed E-state index contributed by atoms with van der Waals surface area (Å²) in [7, 11) is 1.55. The minimum absolute atomic E-state index is 0.0227. The largest absolute Gasteiger partial charge is 0.493 e. The Morgan fingerprint density at radius 1 is 1.07 bits per heavy atom. The van der Waals surface area contributed by atoms with E-state index in [2.05, 4.69) is 27.6 Å². The number of hydrogen-bond acceptors (Lipinski definition) is 5. The lowest BCUT2D eigenvalue weighted by Crippen LogP contribution is -2.29. The molecule has 0 saturated carbocycles. The highest BCUT2D eigenvalue weighted by molar-refractivity contribution is 5.95. The molecule has 154 valence electrons. The first-order valence-electron chi connectivity index (χ1n) is 10.1. The number of carbonyl (C=O) groups excluding carboxylic acids is 1. The zero-order chi connectivity index (χ0) is 20.6. The van der Waals surface area contributed by atoms with E-state index in [-0.39, 0.29) is 12.0 Å². The molecule has 0 aromatic heterocycles. The second kappa shape index (κ2) is 9.96. The summed E-state index contributed by atoms with van der Waals surface area (Å²) in [6.45, 7) is 6.11. The number of amides is 1. The van der Waals surface area contributed by atoms with Crippen molar-refractivity contribution in [2.45, 2.75) is 39.2 Å². The number of carbonyl (C=O) groups is 1. The number of ether oxygens (including phenoxy) is 2. The maximum absolute atomic E-state index is 12.4. The van der Waals surface area contributed by atoms with Crippen molar-refractivity contribution in [2.24, 2.45) is 5.10 Å². The highest BCUT2D eigenvalue weighted by Gasteiger charge is 2.12. The van der Waals surface area contributed by atoms with Gasteiger partial charge >= 0.3 is 0 Å². The molecule has 2 aromatic carbocycles. The second-order valence-electron chi connectivity index (χ2n) is 7.37. The van der Waals surface area contributed by atoms with Gasteiger partial charge in [-0.25, -0.2) is 5.43 Å². The minimum Gasteiger partial charge on any atom is -0.493 e. The smallest absolute Gasteiger partial charge is 0.271 e. The van der Waals surface area contributed by atoms with E-state index in [1.54, 1.807) is 31.5 Å². The number of rotatable bonds is 7. The molecule has 1 amide bonds. The average molecular weight is 396 g/mol. The highest BCUT2D eigenvalue weighted by Crippen LogP contribution is 2.29. The van der Waals surface area contributed by atoms with Crippen LogP contribution in [-0.2, 0) is 0 Å². The summed E-state index contributed by atoms with van der Waals surface area (Å²) in [6, 6.07) is 13.3. The van der Waals surface area contributed by atoms with Crippen molar-refractivity contribution >= 4 is 17.8 Å². The molecular weight excluding hydrogens is 366 g/mol. The molecule has 1 N–H and O–H groups in total. The van der Waals surface area contributed by atoms with Gasteiger partial charge in [-0.1, -0.05) is 12.1 Å². The molecule has 1 aliphatic heterocycles. The van der Waals surface area contributed by atoms with Gasteiger partial charge in [0.25, 0.3) is 5.91 Å². The van der Waals surface area contributed by atoms with E-state index >= 15 is 0 Å². The number of hydrazone groups is 1. The van der Waals surface area contributed by atoms with Crippen molar-refractivity contribution in [3.05, 3.63) is 53.6 Å². The lowest BCUT2D eigenvalue weighted by Gasteiger charge is -2.28.